The fourth-order valence-electron chi connectivity index (χ4n) is 3.36. The van der Waals surface area contributed by atoms with E-state index in [4.69, 9.17) is 4.74 Å². The van der Waals surface area contributed by atoms with Crippen LogP contribution in [0.3, 0.4) is 0 Å². The first kappa shape index (κ1) is 23.7. The molecule has 2 aliphatic heterocycles. The summed E-state index contributed by atoms with van der Waals surface area (Å²) in [4.78, 5) is 6.68. The second-order valence-corrected chi connectivity index (χ2v) is 10.8. The van der Waals surface area contributed by atoms with Crippen LogP contribution < -0.4 is 10.6 Å². The predicted octanol–water partition coefficient (Wildman–Crippen LogP) is 0.419. The maximum Gasteiger partial charge on any atom is 0.215 e. The number of hydrogen-bond donors (Lipinski definition) is 2. The number of ether oxygens (including phenoxy) is 1. The summed E-state index contributed by atoms with van der Waals surface area (Å²) in [5.74, 6) is 2.56. The molecule has 2 fully saturated rings. The van der Waals surface area contributed by atoms with Crippen molar-refractivity contribution in [2.45, 2.75) is 38.8 Å². The van der Waals surface area contributed by atoms with E-state index in [1.165, 1.54) is 0 Å². The SMILES string of the molecule is CN=C(NCCS(=O)(=O)N1CCSCC1)NC1CCN(CCOC(C)C)CC1. The second-order valence-electron chi connectivity index (χ2n) is 7.51. The third-order valence-electron chi connectivity index (χ3n) is 5.03. The van der Waals surface area contributed by atoms with E-state index in [0.717, 1.165) is 50.6 Å². The van der Waals surface area contributed by atoms with Gasteiger partial charge in [0.25, 0.3) is 0 Å². The van der Waals surface area contributed by atoms with Crippen molar-refractivity contribution in [2.75, 3.05) is 70.2 Å². The molecule has 0 saturated carbocycles. The van der Waals surface area contributed by atoms with Crippen LogP contribution in [0.2, 0.25) is 0 Å². The first-order valence-corrected chi connectivity index (χ1v) is 13.0. The lowest BCUT2D eigenvalue weighted by molar-refractivity contribution is 0.0532. The minimum Gasteiger partial charge on any atom is -0.377 e. The van der Waals surface area contributed by atoms with Crippen molar-refractivity contribution < 1.29 is 13.2 Å². The van der Waals surface area contributed by atoms with Crippen molar-refractivity contribution in [1.29, 1.82) is 0 Å². The zero-order valence-corrected chi connectivity index (χ0v) is 19.2. The molecule has 2 heterocycles. The van der Waals surface area contributed by atoms with Crippen LogP contribution in [-0.4, -0.2) is 106 Å². The van der Waals surface area contributed by atoms with Crippen LogP contribution in [0.1, 0.15) is 26.7 Å². The molecule has 2 aliphatic rings. The number of sulfonamides is 1. The highest BCUT2D eigenvalue weighted by Crippen LogP contribution is 2.13. The molecule has 0 aromatic carbocycles. The molecule has 0 aromatic heterocycles. The summed E-state index contributed by atoms with van der Waals surface area (Å²) in [7, 11) is -1.46. The van der Waals surface area contributed by atoms with Crippen LogP contribution in [0.4, 0.5) is 0 Å². The van der Waals surface area contributed by atoms with Gasteiger partial charge < -0.3 is 20.3 Å². The molecule has 0 bridgehead atoms. The van der Waals surface area contributed by atoms with Gasteiger partial charge in [0, 0.05) is 63.9 Å². The molecule has 8 nitrogen and oxygen atoms in total. The normalized spacial score (nSPS) is 21.2. The number of thioether (sulfide) groups is 1. The molecule has 28 heavy (non-hydrogen) atoms. The van der Waals surface area contributed by atoms with Crippen molar-refractivity contribution in [1.82, 2.24) is 19.8 Å². The number of likely N-dealkylation sites (tertiary alicyclic amines) is 1. The summed E-state index contributed by atoms with van der Waals surface area (Å²) in [6, 6.07) is 0.365. The van der Waals surface area contributed by atoms with Crippen molar-refractivity contribution >= 4 is 27.7 Å². The number of piperidine rings is 1. The predicted molar refractivity (Wildman–Crippen MR) is 118 cm³/mol. The minimum atomic E-state index is -3.19. The third kappa shape index (κ3) is 8.44. The molecule has 0 radical (unpaired) electrons. The van der Waals surface area contributed by atoms with Gasteiger partial charge in [-0.3, -0.25) is 4.99 Å². The summed E-state index contributed by atoms with van der Waals surface area (Å²) >= 11 is 1.81. The van der Waals surface area contributed by atoms with E-state index in [1.54, 1.807) is 11.4 Å². The molecule has 0 aliphatic carbocycles. The molecule has 0 spiro atoms. The van der Waals surface area contributed by atoms with Gasteiger partial charge in [0.15, 0.2) is 5.96 Å². The Hall–Kier alpha value is -0.550. The van der Waals surface area contributed by atoms with Crippen LogP contribution >= 0.6 is 11.8 Å². The van der Waals surface area contributed by atoms with E-state index in [-0.39, 0.29) is 11.9 Å². The molecular weight excluding hydrogens is 398 g/mol. The lowest BCUT2D eigenvalue weighted by atomic mass is 10.1. The van der Waals surface area contributed by atoms with Gasteiger partial charge in [0.1, 0.15) is 0 Å². The van der Waals surface area contributed by atoms with Crippen LogP contribution in [0, 0.1) is 0 Å². The van der Waals surface area contributed by atoms with Crippen molar-refractivity contribution in [2.24, 2.45) is 4.99 Å². The van der Waals surface area contributed by atoms with E-state index in [2.05, 4.69) is 34.4 Å². The van der Waals surface area contributed by atoms with Gasteiger partial charge in [-0.1, -0.05) is 0 Å². The van der Waals surface area contributed by atoms with Crippen molar-refractivity contribution in [3.8, 4) is 0 Å². The van der Waals surface area contributed by atoms with Gasteiger partial charge in [-0.25, -0.2) is 12.7 Å². The van der Waals surface area contributed by atoms with E-state index >= 15 is 0 Å². The number of guanidine groups is 1. The molecule has 2 saturated heterocycles. The monoisotopic (exact) mass is 435 g/mol. The Morgan fingerprint density at radius 1 is 1.21 bits per heavy atom. The Morgan fingerprint density at radius 3 is 2.50 bits per heavy atom. The maximum absolute atomic E-state index is 12.4. The highest BCUT2D eigenvalue weighted by molar-refractivity contribution is 7.99. The lowest BCUT2D eigenvalue weighted by Gasteiger charge is -2.33. The smallest absolute Gasteiger partial charge is 0.215 e. The maximum atomic E-state index is 12.4. The highest BCUT2D eigenvalue weighted by Gasteiger charge is 2.24. The molecule has 0 aromatic rings. The van der Waals surface area contributed by atoms with Crippen LogP contribution in [0.5, 0.6) is 0 Å². The summed E-state index contributed by atoms with van der Waals surface area (Å²) in [5, 5.41) is 6.60. The van der Waals surface area contributed by atoms with Gasteiger partial charge in [-0.05, 0) is 26.7 Å². The Labute approximate surface area is 174 Å². The summed E-state index contributed by atoms with van der Waals surface area (Å²) in [5.41, 5.74) is 0. The zero-order chi connectivity index (χ0) is 20.4. The van der Waals surface area contributed by atoms with E-state index in [1.807, 2.05) is 11.8 Å². The number of hydrogen-bond acceptors (Lipinski definition) is 6. The van der Waals surface area contributed by atoms with Gasteiger partial charge in [-0.2, -0.15) is 11.8 Å². The van der Waals surface area contributed by atoms with Crippen molar-refractivity contribution in [3.05, 3.63) is 0 Å². The number of nitrogens with zero attached hydrogens (tertiary/aromatic N) is 3. The van der Waals surface area contributed by atoms with Crippen molar-refractivity contribution in [3.63, 3.8) is 0 Å². The Kier molecular flexibility index (Phi) is 10.4. The summed E-state index contributed by atoms with van der Waals surface area (Å²) in [6.07, 6.45) is 2.38. The second kappa shape index (κ2) is 12.2. The standard InChI is InChI=1S/C18H37N5O3S2/c1-16(2)26-12-9-22-7-4-17(5-8-22)21-18(19-3)20-6-15-28(24,25)23-10-13-27-14-11-23/h16-17H,4-15H2,1-3H3,(H2,19,20,21). The third-order valence-corrected chi connectivity index (χ3v) is 7.84. The van der Waals surface area contributed by atoms with Crippen LogP contribution in [0.25, 0.3) is 0 Å². The molecular formula is C18H37N5O3S2. The highest BCUT2D eigenvalue weighted by atomic mass is 32.2. The molecule has 10 heteroatoms. The first-order chi connectivity index (χ1) is 13.4. The average molecular weight is 436 g/mol. The molecule has 2 N–H and O–H groups in total. The van der Waals surface area contributed by atoms with Crippen LogP contribution in [-0.2, 0) is 14.8 Å². The zero-order valence-electron chi connectivity index (χ0n) is 17.5. The summed E-state index contributed by atoms with van der Waals surface area (Å²) < 4.78 is 32.1. The molecule has 164 valence electrons. The van der Waals surface area contributed by atoms with Gasteiger partial charge >= 0.3 is 0 Å². The van der Waals surface area contributed by atoms with E-state index in [0.29, 0.717) is 31.6 Å². The molecule has 0 atom stereocenters. The Morgan fingerprint density at radius 2 is 1.89 bits per heavy atom. The van der Waals surface area contributed by atoms with E-state index in [9.17, 15) is 8.42 Å². The topological polar surface area (TPSA) is 86.3 Å². The number of aliphatic imine (C=N–C) groups is 1. The lowest BCUT2D eigenvalue weighted by Crippen LogP contribution is -2.50. The molecule has 0 amide bonds. The van der Waals surface area contributed by atoms with Gasteiger partial charge in [0.2, 0.25) is 10.0 Å². The largest absolute Gasteiger partial charge is 0.377 e. The first-order valence-electron chi connectivity index (χ1n) is 10.3. The number of nitrogens with one attached hydrogen (secondary N) is 2. The molecule has 0 unspecified atom stereocenters. The average Bonchev–Trinajstić information content (AvgIpc) is 2.69. The van der Waals surface area contributed by atoms with Gasteiger partial charge in [-0.15, -0.1) is 0 Å². The van der Waals surface area contributed by atoms with Gasteiger partial charge in [0.05, 0.1) is 18.5 Å². The van der Waals surface area contributed by atoms with E-state index < -0.39 is 10.0 Å². The number of rotatable bonds is 9. The quantitative estimate of drug-likeness (QED) is 0.401. The Balaban J connectivity index is 1.65. The minimum absolute atomic E-state index is 0.104. The van der Waals surface area contributed by atoms with Crippen LogP contribution in [0.15, 0.2) is 4.99 Å². The summed E-state index contributed by atoms with van der Waals surface area (Å²) in [6.45, 7) is 9.58. The fraction of sp³-hybridized carbons (Fsp3) is 0.944. The molecule has 2 rings (SSSR count). The fourth-order valence-corrected chi connectivity index (χ4v) is 5.85. The Bertz CT molecular complexity index is 572.